The summed E-state index contributed by atoms with van der Waals surface area (Å²) >= 11 is 0. The van der Waals surface area contributed by atoms with Crippen molar-refractivity contribution in [3.05, 3.63) is 102 Å². The van der Waals surface area contributed by atoms with Crippen molar-refractivity contribution in [2.24, 2.45) is 0 Å². The number of carboxylic acids is 1. The number of aliphatic hydroxyl groups is 1. The van der Waals surface area contributed by atoms with Crippen LogP contribution >= 0.6 is 0 Å². The lowest BCUT2D eigenvalue weighted by atomic mass is 9.98. The fourth-order valence-electron chi connectivity index (χ4n) is 4.88. The Bertz CT molecular complexity index is 1990. The van der Waals surface area contributed by atoms with E-state index in [0.29, 0.717) is 30.1 Å². The normalized spacial score (nSPS) is 11.3. The van der Waals surface area contributed by atoms with E-state index in [1.54, 1.807) is 54.3 Å². The molecule has 4 aromatic carbocycles. The van der Waals surface area contributed by atoms with Crippen LogP contribution in [0.3, 0.4) is 0 Å². The predicted molar refractivity (Wildman–Crippen MR) is 162 cm³/mol. The SMILES string of the molecule is Cc1ccc(Oc2nc3c(F)c(-c4ccc(-c5ccc(-c6ncn(CCOCCO)n6)cc5)cc4)c(F)cc3[nH]2)cc1C(=O)O. The molecule has 3 N–H and O–H groups in total. The molecule has 0 spiro atoms. The summed E-state index contributed by atoms with van der Waals surface area (Å²) in [5.41, 5.74) is 3.28. The second kappa shape index (κ2) is 12.6. The average molecular weight is 612 g/mol. The number of hydrogen-bond donors (Lipinski definition) is 3. The number of aromatic amines is 1. The summed E-state index contributed by atoms with van der Waals surface area (Å²) in [6, 6.07) is 20.0. The summed E-state index contributed by atoms with van der Waals surface area (Å²) < 4.78 is 43.4. The molecule has 0 saturated carbocycles. The number of hydrogen-bond acceptors (Lipinski definition) is 7. The van der Waals surface area contributed by atoms with E-state index >= 15 is 8.78 Å². The lowest BCUT2D eigenvalue weighted by Gasteiger charge is -2.08. The third-order valence-corrected chi connectivity index (χ3v) is 7.19. The zero-order valence-electron chi connectivity index (χ0n) is 24.0. The van der Waals surface area contributed by atoms with Gasteiger partial charge in [-0.3, -0.25) is 4.68 Å². The average Bonchev–Trinajstić information content (AvgIpc) is 3.68. The number of benzene rings is 4. The number of carboxylic acid groups (broad SMARTS) is 1. The standard InChI is InChI=1S/C33H27F2N5O5/c1-19-2-11-24(16-25(19)32(42)43)45-33-37-27-17-26(34)28(29(35)30(27)38-33)22-7-3-20(4-8-22)21-5-9-23(10-6-21)31-36-18-40(39-31)12-14-44-15-13-41/h2-11,16-18,41H,12-15H2,1H3,(H,37,38)(H,42,43). The number of carbonyl (C=O) groups is 1. The van der Waals surface area contributed by atoms with E-state index in [1.807, 2.05) is 24.3 Å². The molecule has 0 saturated heterocycles. The van der Waals surface area contributed by atoms with Crippen LogP contribution < -0.4 is 4.74 Å². The zero-order chi connectivity index (χ0) is 31.5. The van der Waals surface area contributed by atoms with Gasteiger partial charge in [-0.1, -0.05) is 54.6 Å². The molecule has 0 bridgehead atoms. The molecule has 2 heterocycles. The Kier molecular flexibility index (Phi) is 8.32. The van der Waals surface area contributed by atoms with Crippen molar-refractivity contribution in [3.8, 4) is 45.4 Å². The van der Waals surface area contributed by atoms with Crippen LogP contribution in [0.15, 0.2) is 79.1 Å². The van der Waals surface area contributed by atoms with Gasteiger partial charge in [-0.05, 0) is 41.3 Å². The highest BCUT2D eigenvalue weighted by atomic mass is 19.1. The van der Waals surface area contributed by atoms with Gasteiger partial charge in [0.25, 0.3) is 6.01 Å². The molecule has 0 unspecified atom stereocenters. The van der Waals surface area contributed by atoms with Crippen molar-refractivity contribution < 1.29 is 33.3 Å². The molecule has 0 atom stereocenters. The van der Waals surface area contributed by atoms with E-state index < -0.39 is 17.6 Å². The highest BCUT2D eigenvalue weighted by Gasteiger charge is 2.20. The summed E-state index contributed by atoms with van der Waals surface area (Å²) in [6.07, 6.45) is 1.62. The van der Waals surface area contributed by atoms with Gasteiger partial charge in [0.2, 0.25) is 0 Å². The van der Waals surface area contributed by atoms with Gasteiger partial charge in [0.15, 0.2) is 11.6 Å². The first kappa shape index (κ1) is 29.6. The van der Waals surface area contributed by atoms with E-state index in [2.05, 4.69) is 20.1 Å². The monoisotopic (exact) mass is 611 g/mol. The number of aryl methyl sites for hydroxylation is 1. The zero-order valence-corrected chi connectivity index (χ0v) is 24.0. The fourth-order valence-corrected chi connectivity index (χ4v) is 4.88. The molecule has 45 heavy (non-hydrogen) atoms. The summed E-state index contributed by atoms with van der Waals surface area (Å²) in [5, 5.41) is 22.6. The van der Waals surface area contributed by atoms with Crippen LogP contribution in [0.25, 0.3) is 44.7 Å². The molecule has 6 rings (SSSR count). The molecule has 0 aliphatic carbocycles. The van der Waals surface area contributed by atoms with Gasteiger partial charge >= 0.3 is 5.97 Å². The number of fused-ring (bicyclic) bond motifs is 1. The molecular weight excluding hydrogens is 584 g/mol. The first-order valence-electron chi connectivity index (χ1n) is 14.0. The van der Waals surface area contributed by atoms with Crippen LogP contribution in [-0.2, 0) is 11.3 Å². The van der Waals surface area contributed by atoms with Crippen molar-refractivity contribution in [3.63, 3.8) is 0 Å². The fraction of sp³-hybridized carbons (Fsp3) is 0.152. The molecule has 2 aromatic heterocycles. The summed E-state index contributed by atoms with van der Waals surface area (Å²) in [7, 11) is 0. The van der Waals surface area contributed by atoms with Crippen molar-refractivity contribution in [2.45, 2.75) is 13.5 Å². The number of imidazole rings is 1. The molecule has 0 aliphatic rings. The van der Waals surface area contributed by atoms with E-state index in [9.17, 15) is 9.90 Å². The number of nitrogens with zero attached hydrogens (tertiary/aromatic N) is 4. The van der Waals surface area contributed by atoms with Gasteiger partial charge < -0.3 is 24.7 Å². The third kappa shape index (κ3) is 6.28. The number of H-pyrrole nitrogens is 1. The van der Waals surface area contributed by atoms with Crippen LogP contribution in [0.1, 0.15) is 15.9 Å². The van der Waals surface area contributed by atoms with Gasteiger partial charge in [-0.2, -0.15) is 10.1 Å². The number of nitrogens with one attached hydrogen (secondary N) is 1. The summed E-state index contributed by atoms with van der Waals surface area (Å²) in [6.45, 7) is 2.84. The maximum Gasteiger partial charge on any atom is 0.336 e. The lowest BCUT2D eigenvalue weighted by Crippen LogP contribution is -2.08. The minimum atomic E-state index is -1.11. The molecule has 6 aromatic rings. The topological polar surface area (TPSA) is 135 Å². The maximum atomic E-state index is 15.6. The Morgan fingerprint density at radius 1 is 0.933 bits per heavy atom. The highest BCUT2D eigenvalue weighted by molar-refractivity contribution is 5.90. The van der Waals surface area contributed by atoms with Gasteiger partial charge in [-0.25, -0.2) is 18.6 Å². The molecule has 12 heteroatoms. The van der Waals surface area contributed by atoms with Crippen LogP contribution in [0.5, 0.6) is 11.8 Å². The van der Waals surface area contributed by atoms with Gasteiger partial charge in [-0.15, -0.1) is 0 Å². The first-order chi connectivity index (χ1) is 21.8. The molecule has 0 amide bonds. The Balaban J connectivity index is 1.19. The smallest absolute Gasteiger partial charge is 0.336 e. The number of ether oxygens (including phenoxy) is 2. The summed E-state index contributed by atoms with van der Waals surface area (Å²) in [5.74, 6) is -1.98. The predicted octanol–water partition coefficient (Wildman–Crippen LogP) is 6.24. The molecule has 0 fully saturated rings. The van der Waals surface area contributed by atoms with Crippen LogP contribution in [-0.4, -0.2) is 60.7 Å². The Labute approximate surface area is 255 Å². The quantitative estimate of drug-likeness (QED) is 0.147. The second-order valence-electron chi connectivity index (χ2n) is 10.2. The van der Waals surface area contributed by atoms with Crippen molar-refractivity contribution in [2.75, 3.05) is 19.8 Å². The Morgan fingerprint density at radius 3 is 2.31 bits per heavy atom. The van der Waals surface area contributed by atoms with E-state index in [0.717, 1.165) is 22.8 Å². The van der Waals surface area contributed by atoms with Crippen LogP contribution in [0, 0.1) is 18.6 Å². The number of aliphatic hydroxyl groups excluding tert-OH is 1. The molecular formula is C33H27F2N5O5. The lowest BCUT2D eigenvalue weighted by molar-refractivity contribution is 0.0695. The first-order valence-corrected chi connectivity index (χ1v) is 14.0. The number of aromatic carboxylic acids is 1. The van der Waals surface area contributed by atoms with Crippen molar-refractivity contribution >= 4 is 17.0 Å². The largest absolute Gasteiger partial charge is 0.478 e. The van der Waals surface area contributed by atoms with E-state index in [1.165, 1.54) is 6.07 Å². The highest BCUT2D eigenvalue weighted by Crippen LogP contribution is 2.34. The van der Waals surface area contributed by atoms with Crippen LogP contribution in [0.2, 0.25) is 0 Å². The number of halogens is 2. The molecule has 0 aliphatic heterocycles. The minimum Gasteiger partial charge on any atom is -0.478 e. The van der Waals surface area contributed by atoms with Gasteiger partial charge in [0, 0.05) is 11.6 Å². The van der Waals surface area contributed by atoms with E-state index in [-0.39, 0.29) is 47.1 Å². The maximum absolute atomic E-state index is 15.6. The Morgan fingerprint density at radius 2 is 1.62 bits per heavy atom. The van der Waals surface area contributed by atoms with Crippen molar-refractivity contribution in [1.82, 2.24) is 24.7 Å². The van der Waals surface area contributed by atoms with Gasteiger partial charge in [0.05, 0.1) is 43.0 Å². The number of rotatable bonds is 11. The summed E-state index contributed by atoms with van der Waals surface area (Å²) in [4.78, 5) is 22.7. The third-order valence-electron chi connectivity index (χ3n) is 7.19. The molecule has 228 valence electrons. The molecule has 0 radical (unpaired) electrons. The van der Waals surface area contributed by atoms with Crippen LogP contribution in [0.4, 0.5) is 8.78 Å². The number of aromatic nitrogens is 5. The Hall–Kier alpha value is -5.46. The molecule has 10 nitrogen and oxygen atoms in total. The second-order valence-corrected chi connectivity index (χ2v) is 10.2. The minimum absolute atomic E-state index is 0.0291. The van der Waals surface area contributed by atoms with Crippen molar-refractivity contribution in [1.29, 1.82) is 0 Å². The van der Waals surface area contributed by atoms with E-state index in [4.69, 9.17) is 14.6 Å². The van der Waals surface area contributed by atoms with Gasteiger partial charge in [0.1, 0.15) is 23.4 Å².